The summed E-state index contributed by atoms with van der Waals surface area (Å²) in [6.07, 6.45) is 2.31. The second-order valence-corrected chi connectivity index (χ2v) is 6.56. The minimum atomic E-state index is -0.455. The molecule has 0 amide bonds. The van der Waals surface area contributed by atoms with Crippen molar-refractivity contribution in [3.8, 4) is 0 Å². The molecule has 0 saturated carbocycles. The zero-order valence-corrected chi connectivity index (χ0v) is 14.8. The molecule has 25 heavy (non-hydrogen) atoms. The first-order chi connectivity index (χ1) is 12.0. The van der Waals surface area contributed by atoms with E-state index < -0.39 is 5.82 Å². The zero-order chi connectivity index (χ0) is 18.0. The lowest BCUT2D eigenvalue weighted by molar-refractivity contribution is -0.118. The number of Topliss-reactive ketones (excluding diaryl/α,β-unsaturated/α-hetero) is 1. The number of carbonyl (C=O) groups excluding carboxylic acids is 1. The molecule has 0 spiro atoms. The van der Waals surface area contributed by atoms with E-state index in [0.717, 1.165) is 22.4 Å². The van der Waals surface area contributed by atoms with E-state index in [0.29, 0.717) is 18.9 Å². The molecule has 2 heterocycles. The summed E-state index contributed by atoms with van der Waals surface area (Å²) < 4.78 is 18.4. The number of ketones is 1. The largest absolute Gasteiger partial charge is 0.481 e. The summed E-state index contributed by atoms with van der Waals surface area (Å²) in [6.45, 7) is 2.48. The maximum atomic E-state index is 13.2. The predicted octanol–water partition coefficient (Wildman–Crippen LogP) is 4.09. The number of hydrogen-bond acceptors (Lipinski definition) is 4. The van der Waals surface area contributed by atoms with Crippen molar-refractivity contribution in [2.75, 3.05) is 7.11 Å². The second-order valence-electron chi connectivity index (χ2n) is 6.15. The van der Waals surface area contributed by atoms with Crippen LogP contribution in [-0.4, -0.2) is 23.8 Å². The van der Waals surface area contributed by atoms with Crippen molar-refractivity contribution in [3.63, 3.8) is 0 Å². The topological polar surface area (TPSA) is 51.5 Å². The van der Waals surface area contributed by atoms with Gasteiger partial charge in [0.25, 0.3) is 0 Å². The monoisotopic (exact) mass is 360 g/mol. The lowest BCUT2D eigenvalue weighted by Gasteiger charge is -2.12. The van der Waals surface area contributed by atoms with Gasteiger partial charge in [-0.2, -0.15) is 0 Å². The van der Waals surface area contributed by atoms with Gasteiger partial charge in [-0.25, -0.2) is 9.38 Å². The number of ether oxygens (including phenoxy) is 1. The molecule has 0 fully saturated rings. The number of benzene rings is 1. The molecule has 0 bridgehead atoms. The summed E-state index contributed by atoms with van der Waals surface area (Å²) in [5, 5.41) is 0.0750. The summed E-state index contributed by atoms with van der Waals surface area (Å²) in [5.74, 6) is 0.167. The van der Waals surface area contributed by atoms with E-state index in [1.165, 1.54) is 6.07 Å². The van der Waals surface area contributed by atoms with E-state index in [4.69, 9.17) is 16.3 Å². The zero-order valence-electron chi connectivity index (χ0n) is 14.1. The van der Waals surface area contributed by atoms with Gasteiger partial charge < -0.3 is 4.74 Å². The summed E-state index contributed by atoms with van der Waals surface area (Å²) >= 11 is 5.81. The average Bonchev–Trinajstić information content (AvgIpc) is 2.99. The average molecular weight is 361 g/mol. The Morgan fingerprint density at radius 2 is 2.20 bits per heavy atom. The molecule has 1 aliphatic heterocycles. The summed E-state index contributed by atoms with van der Waals surface area (Å²) in [5.41, 5.74) is 3.47. The minimum Gasteiger partial charge on any atom is -0.481 e. The third-order valence-electron chi connectivity index (χ3n) is 4.29. The Morgan fingerprint density at radius 1 is 1.40 bits per heavy atom. The van der Waals surface area contributed by atoms with Crippen LogP contribution in [0.5, 0.6) is 0 Å². The SMILES string of the molecule is COC1=NCc2cc(CC(=O)C[C@H](C)c3ccc(F)c(Cl)c3)ncc21. The molecule has 1 aliphatic rings. The van der Waals surface area contributed by atoms with Gasteiger partial charge >= 0.3 is 0 Å². The van der Waals surface area contributed by atoms with Crippen LogP contribution < -0.4 is 0 Å². The van der Waals surface area contributed by atoms with Crippen LogP contribution in [0.15, 0.2) is 35.5 Å². The molecule has 6 heteroatoms. The smallest absolute Gasteiger partial charge is 0.218 e. The standard InChI is InChI=1S/C19H18ClFN2O2/c1-11(12-3-4-18(21)17(20)7-12)5-15(24)8-14-6-13-9-23-19(25-2)16(13)10-22-14/h3-4,6-7,10-11H,5,8-9H2,1-2H3/t11-/m0/s1. The fourth-order valence-electron chi connectivity index (χ4n) is 2.94. The van der Waals surface area contributed by atoms with Crippen molar-refractivity contribution >= 4 is 23.3 Å². The Balaban J connectivity index is 1.64. The molecule has 1 atom stereocenters. The summed E-state index contributed by atoms with van der Waals surface area (Å²) in [4.78, 5) is 21.0. The number of methoxy groups -OCH3 is 1. The summed E-state index contributed by atoms with van der Waals surface area (Å²) in [6, 6.07) is 6.47. The maximum absolute atomic E-state index is 13.2. The van der Waals surface area contributed by atoms with Gasteiger partial charge in [0.2, 0.25) is 5.90 Å². The van der Waals surface area contributed by atoms with Crippen LogP contribution in [0.2, 0.25) is 5.02 Å². The van der Waals surface area contributed by atoms with Gasteiger partial charge in [-0.1, -0.05) is 24.6 Å². The molecule has 1 aromatic heterocycles. The molecule has 0 radical (unpaired) electrons. The van der Waals surface area contributed by atoms with Gasteiger partial charge in [-0.3, -0.25) is 9.78 Å². The van der Waals surface area contributed by atoms with Crippen molar-refractivity contribution in [2.24, 2.45) is 4.99 Å². The number of carbonyl (C=O) groups is 1. The lowest BCUT2D eigenvalue weighted by atomic mass is 9.94. The molecule has 0 unspecified atom stereocenters. The molecule has 3 rings (SSSR count). The van der Waals surface area contributed by atoms with Crippen LogP contribution >= 0.6 is 11.6 Å². The number of aliphatic imine (C=N–C) groups is 1. The van der Waals surface area contributed by atoms with Gasteiger partial charge in [0.1, 0.15) is 11.6 Å². The highest BCUT2D eigenvalue weighted by Gasteiger charge is 2.19. The maximum Gasteiger partial charge on any atom is 0.218 e. The molecule has 0 aliphatic carbocycles. The second kappa shape index (κ2) is 7.31. The molecule has 130 valence electrons. The Labute approximate surface area is 150 Å². The van der Waals surface area contributed by atoms with Gasteiger partial charge in [-0.15, -0.1) is 0 Å². The highest BCUT2D eigenvalue weighted by molar-refractivity contribution is 6.30. The van der Waals surface area contributed by atoms with E-state index in [9.17, 15) is 9.18 Å². The Morgan fingerprint density at radius 3 is 2.92 bits per heavy atom. The van der Waals surface area contributed by atoms with E-state index >= 15 is 0 Å². The number of rotatable bonds is 5. The molecular weight excluding hydrogens is 343 g/mol. The van der Waals surface area contributed by atoms with E-state index in [1.54, 1.807) is 25.4 Å². The normalized spacial score (nSPS) is 14.0. The number of hydrogen-bond donors (Lipinski definition) is 0. The van der Waals surface area contributed by atoms with Gasteiger partial charge in [-0.05, 0) is 35.2 Å². The lowest BCUT2D eigenvalue weighted by Crippen LogP contribution is -2.10. The number of fused-ring (bicyclic) bond motifs is 1. The molecule has 1 aromatic carbocycles. The van der Waals surface area contributed by atoms with Crippen LogP contribution in [-0.2, 0) is 22.5 Å². The van der Waals surface area contributed by atoms with Crippen molar-refractivity contribution < 1.29 is 13.9 Å². The molecule has 0 N–H and O–H groups in total. The minimum absolute atomic E-state index is 0.0385. The molecule has 4 nitrogen and oxygen atoms in total. The fraction of sp³-hybridized carbons (Fsp3) is 0.316. The van der Waals surface area contributed by atoms with Crippen molar-refractivity contribution in [2.45, 2.75) is 32.2 Å². The third kappa shape index (κ3) is 3.87. The van der Waals surface area contributed by atoms with Crippen LogP contribution in [0, 0.1) is 5.82 Å². The number of nitrogens with zero attached hydrogens (tertiary/aromatic N) is 2. The van der Waals surface area contributed by atoms with E-state index in [2.05, 4.69) is 9.98 Å². The van der Waals surface area contributed by atoms with Gasteiger partial charge in [0.15, 0.2) is 0 Å². The quantitative estimate of drug-likeness (QED) is 0.807. The van der Waals surface area contributed by atoms with Gasteiger partial charge in [0, 0.05) is 24.7 Å². The fourth-order valence-corrected chi connectivity index (χ4v) is 3.12. The third-order valence-corrected chi connectivity index (χ3v) is 4.58. The van der Waals surface area contributed by atoms with Crippen molar-refractivity contribution in [3.05, 3.63) is 63.7 Å². The van der Waals surface area contributed by atoms with Crippen LogP contribution in [0.3, 0.4) is 0 Å². The Bertz CT molecular complexity index is 851. The predicted molar refractivity (Wildman–Crippen MR) is 94.6 cm³/mol. The van der Waals surface area contributed by atoms with Gasteiger partial charge in [0.05, 0.1) is 24.2 Å². The molecule has 0 saturated heterocycles. The van der Waals surface area contributed by atoms with E-state index in [-0.39, 0.29) is 23.1 Å². The Hall–Kier alpha value is -2.27. The van der Waals surface area contributed by atoms with Crippen LogP contribution in [0.25, 0.3) is 0 Å². The summed E-state index contributed by atoms with van der Waals surface area (Å²) in [7, 11) is 1.58. The first kappa shape index (κ1) is 17.5. The highest BCUT2D eigenvalue weighted by atomic mass is 35.5. The van der Waals surface area contributed by atoms with Crippen molar-refractivity contribution in [1.82, 2.24) is 4.98 Å². The highest BCUT2D eigenvalue weighted by Crippen LogP contribution is 2.25. The first-order valence-corrected chi connectivity index (χ1v) is 8.39. The molecular formula is C19H18ClFN2O2. The number of pyridine rings is 1. The van der Waals surface area contributed by atoms with Crippen molar-refractivity contribution in [1.29, 1.82) is 0 Å². The Kier molecular flexibility index (Phi) is 5.13. The number of aromatic nitrogens is 1. The molecule has 2 aromatic rings. The van der Waals surface area contributed by atoms with E-state index in [1.807, 2.05) is 13.0 Å². The van der Waals surface area contributed by atoms with Crippen LogP contribution in [0.1, 0.15) is 41.6 Å². The number of halogens is 2. The van der Waals surface area contributed by atoms with Crippen LogP contribution in [0.4, 0.5) is 4.39 Å². The first-order valence-electron chi connectivity index (χ1n) is 8.01.